The van der Waals surface area contributed by atoms with Crippen LogP contribution < -0.4 is 5.32 Å². The van der Waals surface area contributed by atoms with E-state index in [1.54, 1.807) is 0 Å². The summed E-state index contributed by atoms with van der Waals surface area (Å²) in [4.78, 5) is 5.56. The summed E-state index contributed by atoms with van der Waals surface area (Å²) in [5, 5.41) is 3.97. The molecule has 17 heavy (non-hydrogen) atoms. The molecule has 2 rings (SSSR count). The average molecular weight is 270 g/mol. The Morgan fingerprint density at radius 1 is 1.35 bits per heavy atom. The van der Waals surface area contributed by atoms with Crippen molar-refractivity contribution in [3.05, 3.63) is 21.9 Å². The highest BCUT2D eigenvalue weighted by atomic mass is 32.2. The fraction of sp³-hybridized carbons (Fsp3) is 0.692. The summed E-state index contributed by atoms with van der Waals surface area (Å²) in [6, 6.07) is 5.24. The summed E-state index contributed by atoms with van der Waals surface area (Å²) in [6.07, 6.45) is 0. The number of hydrogen-bond donors (Lipinski definition) is 1. The lowest BCUT2D eigenvalue weighted by molar-refractivity contribution is 0.206. The van der Waals surface area contributed by atoms with E-state index in [1.165, 1.54) is 22.1 Å². The number of thiophene rings is 1. The molecule has 0 bridgehead atoms. The van der Waals surface area contributed by atoms with Crippen LogP contribution in [-0.2, 0) is 13.1 Å². The van der Waals surface area contributed by atoms with Crippen molar-refractivity contribution >= 4 is 23.1 Å². The first-order valence-corrected chi connectivity index (χ1v) is 8.15. The highest BCUT2D eigenvalue weighted by molar-refractivity contribution is 8.00. The van der Waals surface area contributed by atoms with Crippen LogP contribution in [0.4, 0.5) is 0 Å². The van der Waals surface area contributed by atoms with Gasteiger partial charge in [0.25, 0.3) is 0 Å². The largest absolute Gasteiger partial charge is 0.315 e. The van der Waals surface area contributed by atoms with Gasteiger partial charge in [0.1, 0.15) is 0 Å². The molecule has 0 spiro atoms. The molecule has 0 radical (unpaired) electrons. The minimum absolute atomic E-state index is 0.698. The third kappa shape index (κ3) is 3.47. The van der Waals surface area contributed by atoms with Crippen molar-refractivity contribution in [2.75, 3.05) is 19.3 Å². The van der Waals surface area contributed by atoms with Gasteiger partial charge < -0.3 is 5.32 Å². The quantitative estimate of drug-likeness (QED) is 0.906. The maximum atomic E-state index is 3.21. The summed E-state index contributed by atoms with van der Waals surface area (Å²) in [6.45, 7) is 8.06. The van der Waals surface area contributed by atoms with Crippen molar-refractivity contribution in [3.63, 3.8) is 0 Å². The lowest BCUT2D eigenvalue weighted by atomic mass is 10.2. The number of nitrogens with one attached hydrogen (secondary N) is 1. The van der Waals surface area contributed by atoms with Gasteiger partial charge in [-0.15, -0.1) is 11.3 Å². The van der Waals surface area contributed by atoms with E-state index in [4.69, 9.17) is 0 Å². The number of rotatable bonds is 4. The molecule has 1 aliphatic rings. The van der Waals surface area contributed by atoms with E-state index in [1.807, 2.05) is 18.4 Å². The van der Waals surface area contributed by atoms with Crippen LogP contribution in [0.5, 0.6) is 0 Å². The Kier molecular flexibility index (Phi) is 4.91. The molecule has 0 amide bonds. The zero-order chi connectivity index (χ0) is 12.3. The SMILES string of the molecule is CNCc1ccc(CN2CCSC(C)C2C)s1. The van der Waals surface area contributed by atoms with Gasteiger partial charge in [-0.25, -0.2) is 0 Å². The number of thioether (sulfide) groups is 1. The molecule has 1 aliphatic heterocycles. The van der Waals surface area contributed by atoms with Crippen LogP contribution >= 0.6 is 23.1 Å². The fourth-order valence-electron chi connectivity index (χ4n) is 2.20. The van der Waals surface area contributed by atoms with Gasteiger partial charge in [0, 0.05) is 46.4 Å². The van der Waals surface area contributed by atoms with Crippen molar-refractivity contribution in [3.8, 4) is 0 Å². The van der Waals surface area contributed by atoms with Gasteiger partial charge in [0.2, 0.25) is 0 Å². The molecule has 1 saturated heterocycles. The van der Waals surface area contributed by atoms with Crippen LogP contribution in [0.3, 0.4) is 0 Å². The van der Waals surface area contributed by atoms with E-state index in [-0.39, 0.29) is 0 Å². The van der Waals surface area contributed by atoms with Crippen molar-refractivity contribution in [2.45, 2.75) is 38.2 Å². The molecule has 1 fully saturated rings. The third-order valence-electron chi connectivity index (χ3n) is 3.44. The van der Waals surface area contributed by atoms with Crippen LogP contribution in [0.1, 0.15) is 23.6 Å². The van der Waals surface area contributed by atoms with Crippen molar-refractivity contribution in [1.82, 2.24) is 10.2 Å². The molecule has 0 saturated carbocycles. The van der Waals surface area contributed by atoms with Crippen LogP contribution in [-0.4, -0.2) is 35.5 Å². The molecule has 2 heterocycles. The van der Waals surface area contributed by atoms with Gasteiger partial charge in [-0.1, -0.05) is 6.92 Å². The predicted octanol–water partition coefficient (Wildman–Crippen LogP) is 2.79. The smallest absolute Gasteiger partial charge is 0.0331 e. The predicted molar refractivity (Wildman–Crippen MR) is 78.9 cm³/mol. The zero-order valence-corrected chi connectivity index (χ0v) is 12.5. The normalized spacial score (nSPS) is 26.3. The second-order valence-corrected chi connectivity index (χ2v) is 7.42. The second kappa shape index (κ2) is 6.23. The Morgan fingerprint density at radius 2 is 2.12 bits per heavy atom. The highest BCUT2D eigenvalue weighted by Crippen LogP contribution is 2.27. The summed E-state index contributed by atoms with van der Waals surface area (Å²) in [7, 11) is 2.00. The van der Waals surface area contributed by atoms with Crippen molar-refractivity contribution < 1.29 is 0 Å². The first kappa shape index (κ1) is 13.4. The molecule has 1 aromatic rings. The Labute approximate surface area is 113 Å². The molecular weight excluding hydrogens is 248 g/mol. The van der Waals surface area contributed by atoms with E-state index in [9.17, 15) is 0 Å². The van der Waals surface area contributed by atoms with E-state index in [0.717, 1.165) is 18.3 Å². The number of nitrogens with zero attached hydrogens (tertiary/aromatic N) is 1. The van der Waals surface area contributed by atoms with Gasteiger partial charge in [-0.05, 0) is 26.1 Å². The van der Waals surface area contributed by atoms with Crippen molar-refractivity contribution in [2.24, 2.45) is 0 Å². The fourth-order valence-corrected chi connectivity index (χ4v) is 4.41. The monoisotopic (exact) mass is 270 g/mol. The van der Waals surface area contributed by atoms with E-state index in [0.29, 0.717) is 6.04 Å². The molecule has 2 atom stereocenters. The molecule has 0 aliphatic carbocycles. The molecule has 2 unspecified atom stereocenters. The van der Waals surface area contributed by atoms with Gasteiger partial charge >= 0.3 is 0 Å². The molecular formula is C13H22N2S2. The van der Waals surface area contributed by atoms with E-state index < -0.39 is 0 Å². The summed E-state index contributed by atoms with van der Waals surface area (Å²) >= 11 is 4.05. The summed E-state index contributed by atoms with van der Waals surface area (Å²) in [5.41, 5.74) is 0. The minimum atomic E-state index is 0.698. The van der Waals surface area contributed by atoms with Crippen LogP contribution in [0, 0.1) is 0 Å². The first-order valence-electron chi connectivity index (χ1n) is 6.28. The zero-order valence-electron chi connectivity index (χ0n) is 10.9. The third-order valence-corrected chi connectivity index (χ3v) is 5.85. The standard InChI is InChI=1S/C13H22N2S2/c1-10-11(2)16-7-6-15(10)9-13-5-4-12(17-13)8-14-3/h4-5,10-11,14H,6-9H2,1-3H3. The molecule has 96 valence electrons. The summed E-state index contributed by atoms with van der Waals surface area (Å²) < 4.78 is 0. The van der Waals surface area contributed by atoms with Gasteiger partial charge in [0.05, 0.1) is 0 Å². The van der Waals surface area contributed by atoms with Crippen LogP contribution in [0.2, 0.25) is 0 Å². The van der Waals surface area contributed by atoms with Gasteiger partial charge in [0.15, 0.2) is 0 Å². The van der Waals surface area contributed by atoms with Crippen LogP contribution in [0.15, 0.2) is 12.1 Å². The highest BCUT2D eigenvalue weighted by Gasteiger charge is 2.25. The Morgan fingerprint density at radius 3 is 2.88 bits per heavy atom. The maximum absolute atomic E-state index is 3.21. The second-order valence-electron chi connectivity index (χ2n) is 4.69. The Balaban J connectivity index is 1.94. The molecule has 2 nitrogen and oxygen atoms in total. The van der Waals surface area contributed by atoms with E-state index in [2.05, 4.69) is 48.0 Å². The first-order chi connectivity index (χ1) is 8.20. The average Bonchev–Trinajstić information content (AvgIpc) is 2.73. The molecule has 4 heteroatoms. The van der Waals surface area contributed by atoms with Crippen molar-refractivity contribution in [1.29, 1.82) is 0 Å². The lowest BCUT2D eigenvalue weighted by Crippen LogP contribution is -2.43. The Hall–Kier alpha value is -0.0300. The topological polar surface area (TPSA) is 15.3 Å². The minimum Gasteiger partial charge on any atom is -0.315 e. The lowest BCUT2D eigenvalue weighted by Gasteiger charge is -2.37. The summed E-state index contributed by atoms with van der Waals surface area (Å²) in [5.74, 6) is 1.28. The Bertz CT molecular complexity index is 351. The van der Waals surface area contributed by atoms with E-state index >= 15 is 0 Å². The van der Waals surface area contributed by atoms with Gasteiger partial charge in [-0.2, -0.15) is 11.8 Å². The molecule has 1 N–H and O–H groups in total. The molecule has 1 aromatic heterocycles. The maximum Gasteiger partial charge on any atom is 0.0331 e. The number of hydrogen-bond acceptors (Lipinski definition) is 4. The van der Waals surface area contributed by atoms with Crippen LogP contribution in [0.25, 0.3) is 0 Å². The molecule has 0 aromatic carbocycles. The van der Waals surface area contributed by atoms with Gasteiger partial charge in [-0.3, -0.25) is 4.90 Å².